The van der Waals surface area contributed by atoms with Crippen molar-refractivity contribution >= 4 is 28.5 Å². The fourth-order valence-corrected chi connectivity index (χ4v) is 2.82. The van der Waals surface area contributed by atoms with Gasteiger partial charge in [0, 0.05) is 17.0 Å². The summed E-state index contributed by atoms with van der Waals surface area (Å²) in [6, 6.07) is 3.16. The first-order valence-corrected chi connectivity index (χ1v) is 7.02. The zero-order valence-corrected chi connectivity index (χ0v) is 12.1. The van der Waals surface area contributed by atoms with E-state index in [2.05, 4.69) is 0 Å². The average molecular weight is 309 g/mol. The number of carboxylic acids is 1. The van der Waals surface area contributed by atoms with Crippen molar-refractivity contribution in [3.8, 4) is 5.75 Å². The van der Waals surface area contributed by atoms with E-state index in [4.69, 9.17) is 25.9 Å². The maximum atomic E-state index is 11.9. The Labute approximate surface area is 125 Å². The van der Waals surface area contributed by atoms with Crippen LogP contribution in [-0.4, -0.2) is 17.2 Å². The van der Waals surface area contributed by atoms with Crippen LogP contribution in [0.3, 0.4) is 0 Å². The lowest BCUT2D eigenvalue weighted by atomic mass is 10.1. The molecule has 0 fully saturated rings. The zero-order valence-electron chi connectivity index (χ0n) is 11.3. The van der Waals surface area contributed by atoms with Crippen molar-refractivity contribution < 1.29 is 19.1 Å². The molecule has 1 unspecified atom stereocenters. The van der Waals surface area contributed by atoms with Crippen LogP contribution >= 0.6 is 11.6 Å². The summed E-state index contributed by atoms with van der Waals surface area (Å²) in [6.45, 7) is 1.40. The minimum Gasteiger partial charge on any atom is -0.479 e. The van der Waals surface area contributed by atoms with Crippen molar-refractivity contribution in [2.75, 3.05) is 0 Å². The first kappa shape index (κ1) is 13.9. The number of aliphatic carboxylic acids is 1. The number of benzene rings is 1. The molecule has 0 saturated heterocycles. The summed E-state index contributed by atoms with van der Waals surface area (Å²) in [4.78, 5) is 22.8. The molecular formula is C15H13ClO5. The number of carbonyl (C=O) groups is 1. The van der Waals surface area contributed by atoms with Crippen molar-refractivity contribution in [3.63, 3.8) is 0 Å². The first-order chi connectivity index (χ1) is 9.97. The maximum absolute atomic E-state index is 11.9. The van der Waals surface area contributed by atoms with Gasteiger partial charge in [0.1, 0.15) is 11.3 Å². The third-order valence-corrected chi connectivity index (χ3v) is 3.97. The fourth-order valence-electron chi connectivity index (χ4n) is 2.61. The van der Waals surface area contributed by atoms with Crippen molar-refractivity contribution in [3.05, 3.63) is 38.7 Å². The van der Waals surface area contributed by atoms with Crippen LogP contribution in [0.5, 0.6) is 5.75 Å². The van der Waals surface area contributed by atoms with Crippen LogP contribution in [0.2, 0.25) is 5.02 Å². The SMILES string of the molecule is CC(Oc1cc2oc(=O)c3c(c2cc1Cl)CCC3)C(=O)O. The predicted octanol–water partition coefficient (Wildman–Crippen LogP) is 2.79. The largest absolute Gasteiger partial charge is 0.479 e. The molecule has 1 aromatic heterocycles. The summed E-state index contributed by atoms with van der Waals surface area (Å²) < 4.78 is 10.6. The number of halogens is 1. The smallest absolute Gasteiger partial charge is 0.344 e. The molecule has 1 aliphatic rings. The third-order valence-electron chi connectivity index (χ3n) is 3.68. The average Bonchev–Trinajstić information content (AvgIpc) is 2.91. The number of hydrogen-bond acceptors (Lipinski definition) is 4. The van der Waals surface area contributed by atoms with Crippen LogP contribution in [0.15, 0.2) is 21.3 Å². The summed E-state index contributed by atoms with van der Waals surface area (Å²) in [6.07, 6.45) is 1.42. The highest BCUT2D eigenvalue weighted by molar-refractivity contribution is 6.32. The van der Waals surface area contributed by atoms with E-state index in [1.54, 1.807) is 6.07 Å². The van der Waals surface area contributed by atoms with E-state index in [1.807, 2.05) is 0 Å². The van der Waals surface area contributed by atoms with Crippen LogP contribution in [0.1, 0.15) is 24.5 Å². The van der Waals surface area contributed by atoms with Crippen molar-refractivity contribution in [2.24, 2.45) is 0 Å². The molecule has 1 heterocycles. The van der Waals surface area contributed by atoms with Crippen molar-refractivity contribution in [1.82, 2.24) is 0 Å². The van der Waals surface area contributed by atoms with Gasteiger partial charge in [-0.15, -0.1) is 0 Å². The van der Waals surface area contributed by atoms with Gasteiger partial charge in [0.15, 0.2) is 6.10 Å². The topological polar surface area (TPSA) is 76.7 Å². The first-order valence-electron chi connectivity index (χ1n) is 6.65. The van der Waals surface area contributed by atoms with Crippen LogP contribution in [0, 0.1) is 0 Å². The van der Waals surface area contributed by atoms with Crippen LogP contribution < -0.4 is 10.4 Å². The lowest BCUT2D eigenvalue weighted by Gasteiger charge is -2.13. The molecule has 6 heteroatoms. The van der Waals surface area contributed by atoms with Gasteiger partial charge in [0.05, 0.1) is 5.02 Å². The Morgan fingerprint density at radius 1 is 1.38 bits per heavy atom. The van der Waals surface area contributed by atoms with E-state index >= 15 is 0 Å². The molecule has 1 atom stereocenters. The van der Waals surface area contributed by atoms with Gasteiger partial charge in [0.2, 0.25) is 0 Å². The number of fused-ring (bicyclic) bond motifs is 3. The van der Waals surface area contributed by atoms with Crippen LogP contribution in [0.4, 0.5) is 0 Å². The second-order valence-electron chi connectivity index (χ2n) is 5.08. The van der Waals surface area contributed by atoms with Gasteiger partial charge in [-0.25, -0.2) is 9.59 Å². The molecule has 0 radical (unpaired) electrons. The molecule has 3 rings (SSSR count). The molecule has 1 aromatic carbocycles. The zero-order chi connectivity index (χ0) is 15.1. The third kappa shape index (κ3) is 2.38. The van der Waals surface area contributed by atoms with E-state index in [-0.39, 0.29) is 11.4 Å². The minimum atomic E-state index is -1.10. The van der Waals surface area contributed by atoms with Gasteiger partial charge in [-0.3, -0.25) is 0 Å². The Morgan fingerprint density at radius 2 is 2.10 bits per heavy atom. The minimum absolute atomic E-state index is 0.195. The monoisotopic (exact) mass is 308 g/mol. The summed E-state index contributed by atoms with van der Waals surface area (Å²) >= 11 is 6.16. The number of rotatable bonds is 3. The van der Waals surface area contributed by atoms with Gasteiger partial charge >= 0.3 is 11.6 Å². The highest BCUT2D eigenvalue weighted by atomic mass is 35.5. The van der Waals surface area contributed by atoms with E-state index in [1.165, 1.54) is 13.0 Å². The Morgan fingerprint density at radius 3 is 2.81 bits per heavy atom. The molecule has 0 saturated carbocycles. The molecule has 1 N–H and O–H groups in total. The Hall–Kier alpha value is -2.01. The molecule has 1 aliphatic carbocycles. The lowest BCUT2D eigenvalue weighted by molar-refractivity contribution is -0.144. The summed E-state index contributed by atoms with van der Waals surface area (Å²) in [5, 5.41) is 9.98. The van der Waals surface area contributed by atoms with Crippen molar-refractivity contribution in [1.29, 1.82) is 0 Å². The van der Waals surface area contributed by atoms with Crippen LogP contribution in [0.25, 0.3) is 11.0 Å². The van der Waals surface area contributed by atoms with Gasteiger partial charge < -0.3 is 14.3 Å². The van der Waals surface area contributed by atoms with Crippen molar-refractivity contribution in [2.45, 2.75) is 32.3 Å². The van der Waals surface area contributed by atoms with E-state index < -0.39 is 12.1 Å². The summed E-state index contributed by atoms with van der Waals surface area (Å²) in [5.41, 5.74) is 1.72. The number of aryl methyl sites for hydroxylation is 1. The highest BCUT2D eigenvalue weighted by Gasteiger charge is 2.22. The molecule has 2 aromatic rings. The Bertz CT molecular complexity index is 793. The molecule has 0 amide bonds. The quantitative estimate of drug-likeness (QED) is 0.882. The molecular weight excluding hydrogens is 296 g/mol. The lowest BCUT2D eigenvalue weighted by Crippen LogP contribution is -2.23. The number of carboxylic acid groups (broad SMARTS) is 1. The number of ether oxygens (including phenoxy) is 1. The molecule has 110 valence electrons. The van der Waals surface area contributed by atoms with E-state index in [0.717, 1.165) is 30.2 Å². The van der Waals surface area contributed by atoms with E-state index in [9.17, 15) is 9.59 Å². The summed E-state index contributed by atoms with van der Waals surface area (Å²) in [7, 11) is 0. The van der Waals surface area contributed by atoms with Gasteiger partial charge in [-0.05, 0) is 37.8 Å². The Kier molecular flexibility index (Phi) is 3.37. The summed E-state index contributed by atoms with van der Waals surface area (Å²) in [5.74, 6) is -0.901. The predicted molar refractivity (Wildman–Crippen MR) is 77.2 cm³/mol. The molecule has 0 bridgehead atoms. The Balaban J connectivity index is 2.14. The molecule has 21 heavy (non-hydrogen) atoms. The molecule has 5 nitrogen and oxygen atoms in total. The second kappa shape index (κ2) is 5.07. The van der Waals surface area contributed by atoms with Gasteiger partial charge in [0.25, 0.3) is 0 Å². The standard InChI is InChI=1S/C15H13ClO5/c1-7(14(17)18)20-13-6-12-10(5-11(13)16)8-3-2-4-9(8)15(19)21-12/h5-7H,2-4H2,1H3,(H,17,18). The fraction of sp³-hybridized carbons (Fsp3) is 0.333. The van der Waals surface area contributed by atoms with Gasteiger partial charge in [-0.1, -0.05) is 11.6 Å². The molecule has 0 aliphatic heterocycles. The second-order valence-corrected chi connectivity index (χ2v) is 5.48. The van der Waals surface area contributed by atoms with Gasteiger partial charge in [-0.2, -0.15) is 0 Å². The van der Waals surface area contributed by atoms with E-state index in [0.29, 0.717) is 16.2 Å². The number of hydrogen-bond donors (Lipinski definition) is 1. The highest BCUT2D eigenvalue weighted by Crippen LogP contribution is 2.35. The molecule has 0 spiro atoms. The normalized spacial score (nSPS) is 15.0. The maximum Gasteiger partial charge on any atom is 0.344 e. The van der Waals surface area contributed by atoms with Crippen LogP contribution in [-0.2, 0) is 17.6 Å².